The van der Waals surface area contributed by atoms with Crippen LogP contribution in [-0.4, -0.2) is 36.2 Å². The number of nitro groups is 1. The zero-order valence-corrected chi connectivity index (χ0v) is 12.5. The van der Waals surface area contributed by atoms with E-state index in [0.717, 1.165) is 18.2 Å². The Labute approximate surface area is 122 Å². The van der Waals surface area contributed by atoms with E-state index in [-0.39, 0.29) is 17.4 Å². The van der Waals surface area contributed by atoms with E-state index >= 15 is 0 Å². The lowest BCUT2D eigenvalue weighted by molar-refractivity contribution is -0.386. The van der Waals surface area contributed by atoms with Gasteiger partial charge in [0.2, 0.25) is 10.0 Å². The van der Waals surface area contributed by atoms with E-state index in [0.29, 0.717) is 6.42 Å². The molecule has 0 saturated heterocycles. The standard InChI is InChI=1S/C12H18N2O6S/c1-8(2)5-9(15)7-13-21(19,20)10-3-4-12(16)11(6-10)14(17)18/h3-4,6,8-9,13,15-16H,5,7H2,1-2H3. The fraction of sp³-hybridized carbons (Fsp3) is 0.500. The van der Waals surface area contributed by atoms with Crippen molar-refractivity contribution in [2.75, 3.05) is 6.54 Å². The van der Waals surface area contributed by atoms with Gasteiger partial charge in [-0.25, -0.2) is 13.1 Å². The molecule has 0 aliphatic rings. The first-order chi connectivity index (χ1) is 9.63. The highest BCUT2D eigenvalue weighted by Gasteiger charge is 2.21. The van der Waals surface area contributed by atoms with E-state index in [1.807, 2.05) is 13.8 Å². The summed E-state index contributed by atoms with van der Waals surface area (Å²) in [5.74, 6) is -0.405. The first-order valence-corrected chi connectivity index (χ1v) is 7.77. The van der Waals surface area contributed by atoms with Gasteiger partial charge in [0.25, 0.3) is 0 Å². The minimum absolute atomic E-state index is 0.185. The highest BCUT2D eigenvalue weighted by molar-refractivity contribution is 7.89. The summed E-state index contributed by atoms with van der Waals surface area (Å²) < 4.78 is 26.1. The number of aromatic hydroxyl groups is 1. The van der Waals surface area contributed by atoms with Crippen LogP contribution in [0.5, 0.6) is 5.75 Å². The lowest BCUT2D eigenvalue weighted by atomic mass is 10.1. The largest absolute Gasteiger partial charge is 0.502 e. The molecule has 0 fully saturated rings. The molecule has 9 heteroatoms. The summed E-state index contributed by atoms with van der Waals surface area (Å²) in [6.07, 6.45) is -0.412. The maximum atomic E-state index is 12.0. The van der Waals surface area contributed by atoms with Crippen molar-refractivity contribution in [3.8, 4) is 5.75 Å². The number of rotatable bonds is 7. The molecular formula is C12H18N2O6S. The minimum atomic E-state index is -3.99. The number of hydrogen-bond donors (Lipinski definition) is 3. The monoisotopic (exact) mass is 318 g/mol. The van der Waals surface area contributed by atoms with Gasteiger partial charge >= 0.3 is 5.69 Å². The number of sulfonamides is 1. The number of hydrogen-bond acceptors (Lipinski definition) is 6. The van der Waals surface area contributed by atoms with E-state index < -0.39 is 32.5 Å². The number of phenolic OH excluding ortho intramolecular Hbond substituents is 1. The molecule has 21 heavy (non-hydrogen) atoms. The maximum Gasteiger partial charge on any atom is 0.312 e. The Morgan fingerprint density at radius 3 is 2.52 bits per heavy atom. The van der Waals surface area contributed by atoms with Gasteiger partial charge in [-0.3, -0.25) is 10.1 Å². The van der Waals surface area contributed by atoms with Crippen molar-refractivity contribution in [3.63, 3.8) is 0 Å². The van der Waals surface area contributed by atoms with Crippen molar-refractivity contribution >= 4 is 15.7 Å². The van der Waals surface area contributed by atoms with Gasteiger partial charge in [0.05, 0.1) is 15.9 Å². The number of benzene rings is 1. The van der Waals surface area contributed by atoms with Crippen LogP contribution < -0.4 is 4.72 Å². The van der Waals surface area contributed by atoms with Crippen LogP contribution in [0.1, 0.15) is 20.3 Å². The Balaban J connectivity index is 2.88. The molecule has 0 saturated carbocycles. The SMILES string of the molecule is CC(C)CC(O)CNS(=O)(=O)c1ccc(O)c([N+](=O)[O-])c1. The summed E-state index contributed by atoms with van der Waals surface area (Å²) >= 11 is 0. The molecule has 3 N–H and O–H groups in total. The predicted octanol–water partition coefficient (Wildman–Crippen LogP) is 0.986. The molecular weight excluding hydrogens is 300 g/mol. The van der Waals surface area contributed by atoms with Crippen LogP contribution in [0.25, 0.3) is 0 Å². The van der Waals surface area contributed by atoms with Crippen molar-refractivity contribution in [1.29, 1.82) is 0 Å². The lowest BCUT2D eigenvalue weighted by Crippen LogP contribution is -2.32. The minimum Gasteiger partial charge on any atom is -0.502 e. The van der Waals surface area contributed by atoms with Gasteiger partial charge in [-0.1, -0.05) is 13.8 Å². The number of aliphatic hydroxyl groups excluding tert-OH is 1. The fourth-order valence-corrected chi connectivity index (χ4v) is 2.83. The summed E-state index contributed by atoms with van der Waals surface area (Å²) in [6, 6.07) is 2.77. The first kappa shape index (κ1) is 17.3. The molecule has 1 unspecified atom stereocenters. The Bertz CT molecular complexity index is 614. The first-order valence-electron chi connectivity index (χ1n) is 6.28. The van der Waals surface area contributed by atoms with Crippen LogP contribution in [0, 0.1) is 16.0 Å². The van der Waals surface area contributed by atoms with Gasteiger partial charge in [0.1, 0.15) is 0 Å². The van der Waals surface area contributed by atoms with E-state index in [4.69, 9.17) is 0 Å². The summed E-state index contributed by atoms with van der Waals surface area (Å²) in [4.78, 5) is 9.46. The average Bonchev–Trinajstić information content (AvgIpc) is 2.35. The molecule has 0 aliphatic carbocycles. The molecule has 8 nitrogen and oxygen atoms in total. The van der Waals surface area contributed by atoms with E-state index in [1.165, 1.54) is 0 Å². The molecule has 118 valence electrons. The molecule has 0 spiro atoms. The molecule has 0 heterocycles. The summed E-state index contributed by atoms with van der Waals surface area (Å²) in [5.41, 5.74) is -0.694. The van der Waals surface area contributed by atoms with Gasteiger partial charge in [-0.2, -0.15) is 0 Å². The van der Waals surface area contributed by atoms with Crippen LogP contribution in [0.3, 0.4) is 0 Å². The van der Waals surface area contributed by atoms with Gasteiger partial charge in [-0.05, 0) is 24.5 Å². The van der Waals surface area contributed by atoms with Crippen LogP contribution in [0.15, 0.2) is 23.1 Å². The number of nitro benzene ring substituents is 1. The predicted molar refractivity (Wildman–Crippen MR) is 75.4 cm³/mol. The van der Waals surface area contributed by atoms with E-state index in [9.17, 15) is 28.7 Å². The molecule has 1 atom stereocenters. The second kappa shape index (κ2) is 6.83. The van der Waals surface area contributed by atoms with Crippen LogP contribution in [-0.2, 0) is 10.0 Å². The zero-order valence-electron chi connectivity index (χ0n) is 11.7. The average molecular weight is 318 g/mol. The van der Waals surface area contributed by atoms with Crippen LogP contribution in [0.2, 0.25) is 0 Å². The van der Waals surface area contributed by atoms with Crippen molar-refractivity contribution in [2.45, 2.75) is 31.3 Å². The third-order valence-corrected chi connectivity index (χ3v) is 4.13. The molecule has 0 aliphatic heterocycles. The molecule has 1 aromatic carbocycles. The highest BCUT2D eigenvalue weighted by atomic mass is 32.2. The third-order valence-electron chi connectivity index (χ3n) is 2.71. The molecule has 0 aromatic heterocycles. The van der Waals surface area contributed by atoms with Crippen molar-refractivity contribution in [2.24, 2.45) is 5.92 Å². The van der Waals surface area contributed by atoms with Crippen LogP contribution in [0.4, 0.5) is 5.69 Å². The molecule has 1 aromatic rings. The number of nitrogens with one attached hydrogen (secondary N) is 1. The maximum absolute atomic E-state index is 12.0. The smallest absolute Gasteiger partial charge is 0.312 e. The van der Waals surface area contributed by atoms with Gasteiger partial charge in [0.15, 0.2) is 5.75 Å². The van der Waals surface area contributed by atoms with Gasteiger partial charge in [0, 0.05) is 12.6 Å². The lowest BCUT2D eigenvalue weighted by Gasteiger charge is -2.14. The number of phenols is 1. The second-order valence-corrected chi connectivity index (χ2v) is 6.81. The van der Waals surface area contributed by atoms with E-state index in [1.54, 1.807) is 0 Å². The molecule has 0 amide bonds. The van der Waals surface area contributed by atoms with Crippen molar-refractivity contribution in [3.05, 3.63) is 28.3 Å². The zero-order chi connectivity index (χ0) is 16.2. The Morgan fingerprint density at radius 2 is 2.00 bits per heavy atom. The Hall–Kier alpha value is -1.71. The molecule has 0 radical (unpaired) electrons. The Morgan fingerprint density at radius 1 is 1.38 bits per heavy atom. The molecule has 0 bridgehead atoms. The molecule has 1 rings (SSSR count). The van der Waals surface area contributed by atoms with Crippen molar-refractivity contribution < 1.29 is 23.6 Å². The van der Waals surface area contributed by atoms with Crippen LogP contribution >= 0.6 is 0 Å². The topological polar surface area (TPSA) is 130 Å². The fourth-order valence-electron chi connectivity index (χ4n) is 1.73. The quantitative estimate of drug-likeness (QED) is 0.507. The third kappa shape index (κ3) is 4.96. The second-order valence-electron chi connectivity index (χ2n) is 5.04. The summed E-state index contributed by atoms with van der Waals surface area (Å²) in [6.45, 7) is 3.59. The Kier molecular flexibility index (Phi) is 5.64. The van der Waals surface area contributed by atoms with Gasteiger partial charge < -0.3 is 10.2 Å². The highest BCUT2D eigenvalue weighted by Crippen LogP contribution is 2.28. The number of nitrogens with zero attached hydrogens (tertiary/aromatic N) is 1. The summed E-state index contributed by atoms with van der Waals surface area (Å²) in [5, 5.41) is 29.6. The van der Waals surface area contributed by atoms with Gasteiger partial charge in [-0.15, -0.1) is 0 Å². The van der Waals surface area contributed by atoms with Crippen molar-refractivity contribution in [1.82, 2.24) is 4.72 Å². The normalized spacial score (nSPS) is 13.3. The van der Waals surface area contributed by atoms with E-state index in [2.05, 4.69) is 4.72 Å². The number of aliphatic hydroxyl groups is 1. The summed E-state index contributed by atoms with van der Waals surface area (Å²) in [7, 11) is -3.99.